The lowest BCUT2D eigenvalue weighted by molar-refractivity contribution is -0.159. The van der Waals surface area contributed by atoms with Crippen LogP contribution in [0.15, 0.2) is 28.8 Å². The first kappa shape index (κ1) is 25.2. The number of likely N-dealkylation sites (tertiary alicyclic amines) is 2. The topological polar surface area (TPSA) is 146 Å². The third kappa shape index (κ3) is 6.77. The predicted octanol–water partition coefficient (Wildman–Crippen LogP) is 1.48. The van der Waals surface area contributed by atoms with E-state index in [1.807, 2.05) is 29.2 Å². The summed E-state index contributed by atoms with van der Waals surface area (Å²) >= 11 is 0. The fourth-order valence-electron chi connectivity index (χ4n) is 3.93. The van der Waals surface area contributed by atoms with Gasteiger partial charge in [-0.2, -0.15) is 4.98 Å². The molecule has 1 amide bonds. The number of hydrogen-bond acceptors (Lipinski definition) is 8. The third-order valence-electron chi connectivity index (χ3n) is 6.01. The summed E-state index contributed by atoms with van der Waals surface area (Å²) in [5.74, 6) is -0.294. The van der Waals surface area contributed by atoms with Gasteiger partial charge in [0.05, 0.1) is 19.6 Å². The Kier molecular flexibility index (Phi) is 8.58. The maximum absolute atomic E-state index is 12.4. The molecule has 11 heteroatoms. The summed E-state index contributed by atoms with van der Waals surface area (Å²) in [5, 5.41) is 18.9. The number of ether oxygens (including phenoxy) is 1. The summed E-state index contributed by atoms with van der Waals surface area (Å²) in [6.45, 7) is 6.14. The van der Waals surface area contributed by atoms with E-state index in [0.29, 0.717) is 24.7 Å². The van der Waals surface area contributed by atoms with Gasteiger partial charge in [0.2, 0.25) is 11.8 Å². The Labute approximate surface area is 197 Å². The maximum Gasteiger partial charge on any atom is 0.414 e. The molecule has 11 nitrogen and oxygen atoms in total. The van der Waals surface area contributed by atoms with Crippen molar-refractivity contribution in [3.05, 3.63) is 41.5 Å². The van der Waals surface area contributed by atoms with Crippen LogP contribution < -0.4 is 4.74 Å². The number of carboxylic acid groups (broad SMARTS) is 2. The van der Waals surface area contributed by atoms with Crippen molar-refractivity contribution in [1.29, 1.82) is 0 Å². The van der Waals surface area contributed by atoms with E-state index in [4.69, 9.17) is 29.1 Å². The number of aromatic nitrogens is 2. The highest BCUT2D eigenvalue weighted by atomic mass is 16.5. The van der Waals surface area contributed by atoms with Crippen LogP contribution in [0.1, 0.15) is 43.0 Å². The second-order valence-electron chi connectivity index (χ2n) is 8.60. The highest BCUT2D eigenvalue weighted by molar-refractivity contribution is 6.27. The first-order valence-electron chi connectivity index (χ1n) is 11.2. The molecular weight excluding hydrogens is 444 g/mol. The molecule has 0 radical (unpaired) electrons. The number of carbonyl (C=O) groups excluding carboxylic acids is 1. The van der Waals surface area contributed by atoms with Crippen molar-refractivity contribution in [2.75, 3.05) is 39.8 Å². The average molecular weight is 475 g/mol. The largest absolute Gasteiger partial charge is 0.496 e. The van der Waals surface area contributed by atoms with Crippen LogP contribution in [-0.2, 0) is 20.8 Å². The van der Waals surface area contributed by atoms with Gasteiger partial charge in [-0.05, 0) is 24.8 Å². The molecule has 0 unspecified atom stereocenters. The first-order valence-corrected chi connectivity index (χ1v) is 11.2. The van der Waals surface area contributed by atoms with Crippen molar-refractivity contribution < 1.29 is 33.9 Å². The number of benzene rings is 1. The minimum Gasteiger partial charge on any atom is -0.496 e. The molecule has 2 saturated heterocycles. The molecule has 1 aromatic carbocycles. The normalized spacial score (nSPS) is 16.8. The van der Waals surface area contributed by atoms with Crippen molar-refractivity contribution in [3.8, 4) is 5.75 Å². The van der Waals surface area contributed by atoms with Crippen LogP contribution in [0.4, 0.5) is 0 Å². The number of methoxy groups -OCH3 is 1. The molecule has 34 heavy (non-hydrogen) atoms. The van der Waals surface area contributed by atoms with E-state index in [0.717, 1.165) is 56.3 Å². The van der Waals surface area contributed by atoms with Gasteiger partial charge in [0.15, 0.2) is 5.82 Å². The van der Waals surface area contributed by atoms with Crippen LogP contribution in [0.2, 0.25) is 0 Å². The number of aliphatic carboxylic acids is 2. The van der Waals surface area contributed by atoms with E-state index in [1.54, 1.807) is 7.11 Å². The molecule has 2 fully saturated rings. The summed E-state index contributed by atoms with van der Waals surface area (Å²) in [7, 11) is 1.66. The molecule has 0 spiro atoms. The first-order chi connectivity index (χ1) is 16.3. The fraction of sp³-hybridized carbons (Fsp3) is 0.522. The number of rotatable bonds is 6. The van der Waals surface area contributed by atoms with Crippen molar-refractivity contribution >= 4 is 17.8 Å². The van der Waals surface area contributed by atoms with Crippen molar-refractivity contribution in [1.82, 2.24) is 19.9 Å². The molecule has 0 saturated carbocycles. The Bertz CT molecular complexity index is 983. The highest BCUT2D eigenvalue weighted by Gasteiger charge is 2.34. The monoisotopic (exact) mass is 474 g/mol. The number of hydrogen-bond donors (Lipinski definition) is 2. The fourth-order valence-corrected chi connectivity index (χ4v) is 3.93. The van der Waals surface area contributed by atoms with E-state index >= 15 is 0 Å². The number of para-hydroxylation sites is 1. The molecule has 2 aromatic rings. The van der Waals surface area contributed by atoms with Crippen LogP contribution in [0, 0.1) is 5.92 Å². The Morgan fingerprint density at radius 3 is 2.38 bits per heavy atom. The van der Waals surface area contributed by atoms with Gasteiger partial charge in [-0.25, -0.2) is 9.59 Å². The molecule has 0 atom stereocenters. The summed E-state index contributed by atoms with van der Waals surface area (Å²) in [6.07, 6.45) is 2.81. The zero-order valence-corrected chi connectivity index (χ0v) is 19.3. The third-order valence-corrected chi connectivity index (χ3v) is 6.01. The van der Waals surface area contributed by atoms with Gasteiger partial charge in [0.1, 0.15) is 5.75 Å². The molecule has 2 N–H and O–H groups in total. The summed E-state index contributed by atoms with van der Waals surface area (Å²) in [4.78, 5) is 39.4. The minimum absolute atomic E-state index is 0.216. The smallest absolute Gasteiger partial charge is 0.414 e. The number of nitrogens with zero attached hydrogens (tertiary/aromatic N) is 4. The van der Waals surface area contributed by atoms with Crippen LogP contribution in [0.5, 0.6) is 5.75 Å². The number of piperidine rings is 1. The molecule has 1 aromatic heterocycles. The van der Waals surface area contributed by atoms with Gasteiger partial charge >= 0.3 is 11.9 Å². The lowest BCUT2D eigenvalue weighted by Crippen LogP contribution is -2.51. The van der Waals surface area contributed by atoms with E-state index in [2.05, 4.69) is 22.0 Å². The van der Waals surface area contributed by atoms with Crippen molar-refractivity contribution in [2.24, 2.45) is 5.92 Å². The summed E-state index contributed by atoms with van der Waals surface area (Å²) < 4.78 is 10.9. The van der Waals surface area contributed by atoms with Crippen LogP contribution in [0.25, 0.3) is 0 Å². The molecular formula is C23H30N4O7. The lowest BCUT2D eigenvalue weighted by atomic mass is 9.98. The second kappa shape index (κ2) is 11.6. The Morgan fingerprint density at radius 1 is 1.12 bits per heavy atom. The standard InChI is InChI=1S/C21H28N4O3.C2H2O4/c1-15-7-9-25(10-8-15)20(26)14-24-12-17(13-24)21-22-19(23-28-21)11-16-5-3-4-6-18(16)27-2;3-1(4)2(5)6/h3-6,15,17H,7-14H2,1-2H3;(H,3,4)(H,5,6). The molecule has 184 valence electrons. The van der Waals surface area contributed by atoms with Gasteiger partial charge in [0.25, 0.3) is 0 Å². The number of carboxylic acids is 2. The SMILES string of the molecule is COc1ccccc1Cc1noc(C2CN(CC(=O)N3CCC(C)CC3)C2)n1.O=C(O)C(=O)O. The van der Waals surface area contributed by atoms with E-state index < -0.39 is 11.9 Å². The zero-order valence-electron chi connectivity index (χ0n) is 19.3. The van der Waals surface area contributed by atoms with Crippen molar-refractivity contribution in [3.63, 3.8) is 0 Å². The van der Waals surface area contributed by atoms with E-state index in [1.165, 1.54) is 0 Å². The molecule has 0 bridgehead atoms. The van der Waals surface area contributed by atoms with Crippen LogP contribution in [-0.4, -0.2) is 87.8 Å². The molecule has 2 aliphatic rings. The predicted molar refractivity (Wildman–Crippen MR) is 120 cm³/mol. The second-order valence-corrected chi connectivity index (χ2v) is 8.60. The maximum atomic E-state index is 12.4. The molecule has 2 aliphatic heterocycles. The Morgan fingerprint density at radius 2 is 1.76 bits per heavy atom. The van der Waals surface area contributed by atoms with Crippen molar-refractivity contribution in [2.45, 2.75) is 32.1 Å². The lowest BCUT2D eigenvalue weighted by Gasteiger charge is -2.38. The van der Waals surface area contributed by atoms with Gasteiger partial charge < -0.3 is 24.4 Å². The zero-order chi connectivity index (χ0) is 24.7. The number of carbonyl (C=O) groups is 3. The average Bonchev–Trinajstić information content (AvgIpc) is 3.24. The van der Waals surface area contributed by atoms with Crippen LogP contribution in [0.3, 0.4) is 0 Å². The quantitative estimate of drug-likeness (QED) is 0.590. The summed E-state index contributed by atoms with van der Waals surface area (Å²) in [6, 6.07) is 7.86. The van der Waals surface area contributed by atoms with Gasteiger partial charge in [-0.15, -0.1) is 0 Å². The van der Waals surface area contributed by atoms with Gasteiger partial charge in [-0.3, -0.25) is 9.69 Å². The highest BCUT2D eigenvalue weighted by Crippen LogP contribution is 2.27. The van der Waals surface area contributed by atoms with Gasteiger partial charge in [-0.1, -0.05) is 30.3 Å². The van der Waals surface area contributed by atoms with Gasteiger partial charge in [0, 0.05) is 38.2 Å². The van der Waals surface area contributed by atoms with Crippen LogP contribution >= 0.6 is 0 Å². The molecule has 4 rings (SSSR count). The molecule has 3 heterocycles. The Balaban J connectivity index is 0.000000481. The summed E-state index contributed by atoms with van der Waals surface area (Å²) in [5.41, 5.74) is 1.04. The van der Waals surface area contributed by atoms with E-state index in [-0.39, 0.29) is 11.8 Å². The number of amides is 1. The molecule has 0 aliphatic carbocycles. The minimum atomic E-state index is -1.82. The van der Waals surface area contributed by atoms with E-state index in [9.17, 15) is 4.79 Å². The Hall–Kier alpha value is -3.47.